The quantitative estimate of drug-likeness (QED) is 0.186. The predicted molar refractivity (Wildman–Crippen MR) is 117 cm³/mol. The maximum absolute atomic E-state index is 13.7. The Labute approximate surface area is 182 Å². The normalized spacial score (nSPS) is 19.8. The molecule has 1 unspecified atom stereocenters. The van der Waals surface area contributed by atoms with Crippen molar-refractivity contribution in [1.29, 1.82) is 5.26 Å². The molecule has 0 aliphatic carbocycles. The van der Waals surface area contributed by atoms with Gasteiger partial charge >= 0.3 is 0 Å². The number of pyridine rings is 1. The van der Waals surface area contributed by atoms with E-state index in [9.17, 15) is 9.18 Å². The lowest BCUT2D eigenvalue weighted by Gasteiger charge is -2.36. The second kappa shape index (κ2) is 12.2. The highest BCUT2D eigenvalue weighted by Crippen LogP contribution is 2.12. The number of halogens is 1. The number of nitrogens with one attached hydrogen (secondary N) is 3. The van der Waals surface area contributed by atoms with Gasteiger partial charge in [0.25, 0.3) is 0 Å². The van der Waals surface area contributed by atoms with Crippen molar-refractivity contribution in [2.24, 2.45) is 4.99 Å². The lowest BCUT2D eigenvalue weighted by atomic mass is 10.1. The minimum atomic E-state index is -0.503. The van der Waals surface area contributed by atoms with E-state index in [1.54, 1.807) is 0 Å². The van der Waals surface area contributed by atoms with Gasteiger partial charge in [0.15, 0.2) is 12.0 Å². The number of hydrogen-bond donors (Lipinski definition) is 3. The fraction of sp³-hybridized carbons (Fsp3) is 0.619. The number of guanidine groups is 1. The van der Waals surface area contributed by atoms with E-state index in [2.05, 4.69) is 30.8 Å². The largest absolute Gasteiger partial charge is 0.339 e. The summed E-state index contributed by atoms with van der Waals surface area (Å²) in [6, 6.07) is 1.51. The molecule has 168 valence electrons. The summed E-state index contributed by atoms with van der Waals surface area (Å²) in [4.78, 5) is 24.9. The Kier molecular flexibility index (Phi) is 8.99. The zero-order chi connectivity index (χ0) is 21.9. The summed E-state index contributed by atoms with van der Waals surface area (Å²) in [7, 11) is 0. The number of aromatic nitrogens is 1. The number of nitrogens with zero attached hydrogens (tertiary/aromatic N) is 5. The summed E-state index contributed by atoms with van der Waals surface area (Å²) < 4.78 is 13.7. The molecule has 3 N–H and O–H groups in total. The first-order valence-electron chi connectivity index (χ1n) is 11.0. The lowest BCUT2D eigenvalue weighted by Crippen LogP contribution is -2.53. The van der Waals surface area contributed by atoms with Crippen LogP contribution >= 0.6 is 0 Å². The number of carbonyl (C=O) groups excluding carboxylic acids is 1. The first-order valence-corrected chi connectivity index (χ1v) is 11.0. The number of nitriles is 1. The van der Waals surface area contributed by atoms with Crippen molar-refractivity contribution >= 4 is 17.6 Å². The third-order valence-corrected chi connectivity index (χ3v) is 5.64. The number of rotatable bonds is 8. The zero-order valence-corrected chi connectivity index (χ0v) is 17.8. The maximum atomic E-state index is 13.7. The van der Waals surface area contributed by atoms with Crippen molar-refractivity contribution in [2.75, 3.05) is 51.1 Å². The number of unbranched alkanes of at least 4 members (excludes halogenated alkanes) is 2. The Balaban J connectivity index is 1.30. The molecule has 0 bridgehead atoms. The van der Waals surface area contributed by atoms with E-state index < -0.39 is 5.82 Å². The van der Waals surface area contributed by atoms with Gasteiger partial charge < -0.3 is 15.5 Å². The van der Waals surface area contributed by atoms with Crippen LogP contribution in [0.4, 0.5) is 10.1 Å². The van der Waals surface area contributed by atoms with E-state index in [0.717, 1.165) is 77.6 Å². The van der Waals surface area contributed by atoms with E-state index in [-0.39, 0.29) is 23.6 Å². The second-order valence-corrected chi connectivity index (χ2v) is 7.82. The van der Waals surface area contributed by atoms with Gasteiger partial charge in [0.1, 0.15) is 0 Å². The lowest BCUT2D eigenvalue weighted by molar-refractivity contribution is -0.134. The molecule has 2 fully saturated rings. The van der Waals surface area contributed by atoms with Gasteiger partial charge in [0.2, 0.25) is 11.9 Å². The molecule has 1 atom stereocenters. The molecule has 9 nitrogen and oxygen atoms in total. The predicted octanol–water partition coefficient (Wildman–Crippen LogP) is 1.13. The van der Waals surface area contributed by atoms with E-state index >= 15 is 0 Å². The number of hydrogen-bond acceptors (Lipinski definition) is 6. The van der Waals surface area contributed by atoms with Crippen LogP contribution in [0.3, 0.4) is 0 Å². The summed E-state index contributed by atoms with van der Waals surface area (Å²) in [5.74, 6) is -0.0153. The Morgan fingerprint density at radius 2 is 2.16 bits per heavy atom. The number of carbonyl (C=O) groups is 1. The molecule has 1 aromatic rings. The van der Waals surface area contributed by atoms with Gasteiger partial charge in [-0.2, -0.15) is 5.26 Å². The van der Waals surface area contributed by atoms with Gasteiger partial charge in [-0.05, 0) is 44.8 Å². The Morgan fingerprint density at radius 1 is 1.32 bits per heavy atom. The molecule has 3 rings (SSSR count). The molecule has 2 aliphatic rings. The molecule has 0 spiro atoms. The number of anilines is 1. The SMILES string of the molecule is N#CNC(=NCCCCCN1CCN(C(=O)C2CCCN2)CC1)Nc1ccncc1F. The first kappa shape index (κ1) is 22.9. The third-order valence-electron chi connectivity index (χ3n) is 5.64. The smallest absolute Gasteiger partial charge is 0.239 e. The van der Waals surface area contributed by atoms with Gasteiger partial charge in [0.05, 0.1) is 17.9 Å². The maximum Gasteiger partial charge on any atom is 0.239 e. The number of aliphatic imine (C=N–C) groups is 1. The van der Waals surface area contributed by atoms with Crippen LogP contribution in [-0.4, -0.2) is 78.5 Å². The second-order valence-electron chi connectivity index (χ2n) is 7.82. The molecule has 3 heterocycles. The van der Waals surface area contributed by atoms with Crippen molar-refractivity contribution in [3.63, 3.8) is 0 Å². The van der Waals surface area contributed by atoms with Gasteiger partial charge in [-0.25, -0.2) is 4.39 Å². The van der Waals surface area contributed by atoms with E-state index in [0.29, 0.717) is 6.54 Å². The van der Waals surface area contributed by atoms with Crippen molar-refractivity contribution in [3.8, 4) is 6.19 Å². The average Bonchev–Trinajstić information content (AvgIpc) is 3.32. The van der Waals surface area contributed by atoms with Gasteiger partial charge in [-0.15, -0.1) is 0 Å². The zero-order valence-electron chi connectivity index (χ0n) is 17.8. The van der Waals surface area contributed by atoms with Crippen LogP contribution in [0.5, 0.6) is 0 Å². The van der Waals surface area contributed by atoms with Crippen LogP contribution in [0.1, 0.15) is 32.1 Å². The van der Waals surface area contributed by atoms with Crippen molar-refractivity contribution in [1.82, 2.24) is 25.4 Å². The Morgan fingerprint density at radius 3 is 2.87 bits per heavy atom. The van der Waals surface area contributed by atoms with E-state index in [4.69, 9.17) is 5.26 Å². The minimum Gasteiger partial charge on any atom is -0.339 e. The van der Waals surface area contributed by atoms with Gasteiger partial charge in [-0.3, -0.25) is 25.0 Å². The highest BCUT2D eigenvalue weighted by Gasteiger charge is 2.28. The fourth-order valence-electron chi connectivity index (χ4n) is 3.89. The highest BCUT2D eigenvalue weighted by molar-refractivity contribution is 5.94. The van der Waals surface area contributed by atoms with Gasteiger partial charge in [-0.1, -0.05) is 6.42 Å². The van der Waals surface area contributed by atoms with Crippen molar-refractivity contribution < 1.29 is 9.18 Å². The van der Waals surface area contributed by atoms with Crippen LogP contribution in [0.25, 0.3) is 0 Å². The van der Waals surface area contributed by atoms with Crippen LogP contribution in [0, 0.1) is 17.3 Å². The van der Waals surface area contributed by atoms with Gasteiger partial charge in [0, 0.05) is 38.9 Å². The molecule has 2 aliphatic heterocycles. The molecular weight excluding hydrogens is 399 g/mol. The summed E-state index contributed by atoms with van der Waals surface area (Å²) in [5, 5.41) is 17.4. The Hall–Kier alpha value is -2.77. The molecular formula is C21H31FN8O. The van der Waals surface area contributed by atoms with Crippen molar-refractivity contribution in [3.05, 3.63) is 24.3 Å². The molecule has 31 heavy (non-hydrogen) atoms. The molecule has 0 saturated carbocycles. The minimum absolute atomic E-state index is 0.0251. The molecule has 1 aromatic heterocycles. The third kappa shape index (κ3) is 7.15. The number of piperazine rings is 1. The van der Waals surface area contributed by atoms with Crippen LogP contribution < -0.4 is 16.0 Å². The van der Waals surface area contributed by atoms with Crippen LogP contribution in [-0.2, 0) is 4.79 Å². The topological polar surface area (TPSA) is 109 Å². The van der Waals surface area contributed by atoms with Crippen LogP contribution in [0.15, 0.2) is 23.5 Å². The summed E-state index contributed by atoms with van der Waals surface area (Å²) >= 11 is 0. The highest BCUT2D eigenvalue weighted by atomic mass is 19.1. The average molecular weight is 431 g/mol. The number of amides is 1. The van der Waals surface area contributed by atoms with Crippen LogP contribution in [0.2, 0.25) is 0 Å². The standard InChI is InChI=1S/C21H31FN8O/c22-17-15-24-9-6-18(17)28-21(27-16-23)26-7-2-1-3-10-29-11-13-30(14-12-29)20(31)19-5-4-8-25-19/h6,9,15,19,25H,1-5,7-8,10-14H2,(H2,24,26,27,28). The molecule has 0 radical (unpaired) electrons. The fourth-order valence-corrected chi connectivity index (χ4v) is 3.89. The van der Waals surface area contributed by atoms with E-state index in [1.165, 1.54) is 12.3 Å². The van der Waals surface area contributed by atoms with Crippen molar-refractivity contribution in [2.45, 2.75) is 38.1 Å². The summed E-state index contributed by atoms with van der Waals surface area (Å²) in [6.45, 7) is 5.97. The Bertz CT molecular complexity index is 782. The monoisotopic (exact) mass is 430 g/mol. The summed E-state index contributed by atoms with van der Waals surface area (Å²) in [5.41, 5.74) is 0.220. The molecule has 1 amide bonds. The first-order chi connectivity index (χ1) is 15.2. The molecule has 2 saturated heterocycles. The molecule has 0 aromatic carbocycles. The van der Waals surface area contributed by atoms with E-state index in [1.807, 2.05) is 11.1 Å². The molecule has 10 heteroatoms. The summed E-state index contributed by atoms with van der Waals surface area (Å²) in [6.07, 6.45) is 9.38.